The SMILES string of the molecule is CN(CC(C)(C)O)c1nc(C2CC2)nc2sc3c(c12)CCCC3. The van der Waals surface area contributed by atoms with Crippen molar-refractivity contribution in [2.45, 2.75) is 63.9 Å². The Kier molecular flexibility index (Phi) is 3.61. The molecule has 2 aliphatic carbocycles. The third-order valence-electron chi connectivity index (χ3n) is 4.74. The number of rotatable bonds is 4. The molecule has 2 aliphatic rings. The van der Waals surface area contributed by atoms with Gasteiger partial charge in [-0.05, 0) is 57.9 Å². The highest BCUT2D eigenvalue weighted by atomic mass is 32.1. The maximum Gasteiger partial charge on any atom is 0.141 e. The molecule has 1 fully saturated rings. The van der Waals surface area contributed by atoms with E-state index in [9.17, 15) is 5.11 Å². The Labute approximate surface area is 141 Å². The van der Waals surface area contributed by atoms with E-state index in [0.29, 0.717) is 12.5 Å². The molecular formula is C18H25N3OS. The third kappa shape index (κ3) is 2.96. The van der Waals surface area contributed by atoms with Crippen molar-refractivity contribution in [1.82, 2.24) is 9.97 Å². The number of hydrogen-bond acceptors (Lipinski definition) is 5. The van der Waals surface area contributed by atoms with Crippen LogP contribution < -0.4 is 4.90 Å². The molecule has 1 saturated carbocycles. The maximum absolute atomic E-state index is 10.2. The van der Waals surface area contributed by atoms with Crippen molar-refractivity contribution >= 4 is 27.4 Å². The summed E-state index contributed by atoms with van der Waals surface area (Å²) < 4.78 is 0. The van der Waals surface area contributed by atoms with Crippen LogP contribution in [0.3, 0.4) is 0 Å². The second kappa shape index (κ2) is 5.42. The van der Waals surface area contributed by atoms with E-state index >= 15 is 0 Å². The molecule has 0 unspecified atom stereocenters. The molecule has 2 heterocycles. The van der Waals surface area contributed by atoms with Gasteiger partial charge in [-0.1, -0.05) is 0 Å². The van der Waals surface area contributed by atoms with E-state index in [4.69, 9.17) is 9.97 Å². The smallest absolute Gasteiger partial charge is 0.141 e. The molecule has 2 aromatic rings. The van der Waals surface area contributed by atoms with Crippen molar-refractivity contribution < 1.29 is 5.11 Å². The summed E-state index contributed by atoms with van der Waals surface area (Å²) in [5.41, 5.74) is 0.734. The number of aromatic nitrogens is 2. The molecule has 5 heteroatoms. The number of hydrogen-bond donors (Lipinski definition) is 1. The molecule has 0 spiro atoms. The minimum Gasteiger partial charge on any atom is -0.389 e. The lowest BCUT2D eigenvalue weighted by Gasteiger charge is -2.27. The van der Waals surface area contributed by atoms with Crippen molar-refractivity contribution in [3.63, 3.8) is 0 Å². The second-order valence-electron chi connectivity index (χ2n) is 7.74. The fourth-order valence-electron chi connectivity index (χ4n) is 3.61. The first-order valence-corrected chi connectivity index (χ1v) is 9.50. The summed E-state index contributed by atoms with van der Waals surface area (Å²) in [5.74, 6) is 2.58. The van der Waals surface area contributed by atoms with Gasteiger partial charge in [0, 0.05) is 24.4 Å². The standard InChI is InChI=1S/C18H25N3OS/c1-18(2,22)10-21(3)16-14-12-6-4-5-7-13(12)23-17(14)20-15(19-16)11-8-9-11/h11,22H,4-10H2,1-3H3. The van der Waals surface area contributed by atoms with Gasteiger partial charge < -0.3 is 10.0 Å². The second-order valence-corrected chi connectivity index (χ2v) is 8.82. The number of fused-ring (bicyclic) bond motifs is 3. The van der Waals surface area contributed by atoms with E-state index in [0.717, 1.165) is 22.9 Å². The Morgan fingerprint density at radius 1 is 1.22 bits per heavy atom. The zero-order valence-corrected chi connectivity index (χ0v) is 15.0. The zero-order valence-electron chi connectivity index (χ0n) is 14.2. The first kappa shape index (κ1) is 15.3. The van der Waals surface area contributed by atoms with E-state index in [-0.39, 0.29) is 0 Å². The summed E-state index contributed by atoms with van der Waals surface area (Å²) in [6.45, 7) is 4.29. The lowest BCUT2D eigenvalue weighted by Crippen LogP contribution is -2.37. The van der Waals surface area contributed by atoms with Gasteiger partial charge in [0.15, 0.2) is 0 Å². The van der Waals surface area contributed by atoms with Gasteiger partial charge in [-0.25, -0.2) is 9.97 Å². The summed E-state index contributed by atoms with van der Waals surface area (Å²) in [6.07, 6.45) is 7.31. The minimum atomic E-state index is -0.734. The van der Waals surface area contributed by atoms with Crippen molar-refractivity contribution in [3.05, 3.63) is 16.3 Å². The summed E-state index contributed by atoms with van der Waals surface area (Å²) >= 11 is 1.87. The predicted molar refractivity (Wildman–Crippen MR) is 95.6 cm³/mol. The average Bonchev–Trinajstić information content (AvgIpc) is 3.25. The monoisotopic (exact) mass is 331 g/mol. The highest BCUT2D eigenvalue weighted by Gasteiger charge is 2.30. The molecule has 0 bridgehead atoms. The topological polar surface area (TPSA) is 49.2 Å². The Bertz CT molecular complexity index is 743. The van der Waals surface area contributed by atoms with E-state index < -0.39 is 5.60 Å². The fraction of sp³-hybridized carbons (Fsp3) is 0.667. The molecule has 2 aromatic heterocycles. The van der Waals surface area contributed by atoms with Crippen LogP contribution in [-0.2, 0) is 12.8 Å². The highest BCUT2D eigenvalue weighted by Crippen LogP contribution is 2.44. The highest BCUT2D eigenvalue weighted by molar-refractivity contribution is 7.19. The minimum absolute atomic E-state index is 0.549. The molecule has 0 aromatic carbocycles. The Balaban J connectivity index is 1.86. The third-order valence-corrected chi connectivity index (χ3v) is 5.93. The summed E-state index contributed by atoms with van der Waals surface area (Å²) in [5, 5.41) is 11.5. The van der Waals surface area contributed by atoms with Gasteiger partial charge in [0.2, 0.25) is 0 Å². The van der Waals surface area contributed by atoms with E-state index in [1.54, 1.807) is 0 Å². The van der Waals surface area contributed by atoms with Gasteiger partial charge >= 0.3 is 0 Å². The Hall–Kier alpha value is -1.20. The number of thiophene rings is 1. The van der Waals surface area contributed by atoms with E-state index in [1.807, 2.05) is 32.2 Å². The lowest BCUT2D eigenvalue weighted by atomic mass is 9.96. The molecule has 0 aliphatic heterocycles. The molecule has 0 amide bonds. The van der Waals surface area contributed by atoms with E-state index in [2.05, 4.69) is 4.90 Å². The molecule has 4 nitrogen and oxygen atoms in total. The molecular weight excluding hydrogens is 306 g/mol. The van der Waals surface area contributed by atoms with Crippen molar-refractivity contribution in [2.24, 2.45) is 0 Å². The van der Waals surface area contributed by atoms with Crippen LogP contribution in [0, 0.1) is 0 Å². The van der Waals surface area contributed by atoms with Crippen LogP contribution >= 0.6 is 11.3 Å². The predicted octanol–water partition coefficient (Wildman–Crippen LogP) is 3.65. The molecule has 23 heavy (non-hydrogen) atoms. The normalized spacial score (nSPS) is 18.3. The van der Waals surface area contributed by atoms with Crippen LogP contribution in [0.1, 0.15) is 61.7 Å². The summed E-state index contributed by atoms with van der Waals surface area (Å²) in [7, 11) is 2.04. The van der Waals surface area contributed by atoms with Crippen molar-refractivity contribution in [3.8, 4) is 0 Å². The summed E-state index contributed by atoms with van der Waals surface area (Å²) in [6, 6.07) is 0. The quantitative estimate of drug-likeness (QED) is 0.929. The van der Waals surface area contributed by atoms with Crippen LogP contribution in [0.5, 0.6) is 0 Å². The Morgan fingerprint density at radius 2 is 1.96 bits per heavy atom. The van der Waals surface area contributed by atoms with Crippen LogP contribution in [0.4, 0.5) is 5.82 Å². The summed E-state index contributed by atoms with van der Waals surface area (Å²) in [4.78, 5) is 14.6. The van der Waals surface area contributed by atoms with Gasteiger partial charge in [-0.2, -0.15) is 0 Å². The largest absolute Gasteiger partial charge is 0.389 e. The molecule has 124 valence electrons. The number of aryl methyl sites for hydroxylation is 2. The van der Waals surface area contributed by atoms with Gasteiger partial charge in [-0.3, -0.25) is 0 Å². The lowest BCUT2D eigenvalue weighted by molar-refractivity contribution is 0.0885. The molecule has 0 saturated heterocycles. The van der Waals surface area contributed by atoms with Gasteiger partial charge in [-0.15, -0.1) is 11.3 Å². The zero-order chi connectivity index (χ0) is 16.2. The molecule has 1 N–H and O–H groups in total. The number of nitrogens with zero attached hydrogens (tertiary/aromatic N) is 3. The molecule has 4 rings (SSSR count). The van der Waals surface area contributed by atoms with Crippen LogP contribution in [-0.4, -0.2) is 34.3 Å². The van der Waals surface area contributed by atoms with Crippen LogP contribution in [0.2, 0.25) is 0 Å². The van der Waals surface area contributed by atoms with Crippen LogP contribution in [0.15, 0.2) is 0 Å². The Morgan fingerprint density at radius 3 is 2.65 bits per heavy atom. The average molecular weight is 331 g/mol. The molecule has 0 atom stereocenters. The maximum atomic E-state index is 10.2. The van der Waals surface area contributed by atoms with Gasteiger partial charge in [0.1, 0.15) is 16.5 Å². The van der Waals surface area contributed by atoms with Gasteiger partial charge in [0.05, 0.1) is 11.0 Å². The first-order valence-electron chi connectivity index (χ1n) is 8.68. The first-order chi connectivity index (χ1) is 10.9. The number of anilines is 1. The number of aliphatic hydroxyl groups is 1. The molecule has 0 radical (unpaired) electrons. The van der Waals surface area contributed by atoms with E-state index in [1.165, 1.54) is 47.9 Å². The van der Waals surface area contributed by atoms with Crippen molar-refractivity contribution in [1.29, 1.82) is 0 Å². The fourth-order valence-corrected chi connectivity index (χ4v) is 4.87. The van der Waals surface area contributed by atoms with Crippen LogP contribution in [0.25, 0.3) is 10.2 Å². The van der Waals surface area contributed by atoms with Crippen molar-refractivity contribution in [2.75, 3.05) is 18.5 Å². The number of likely N-dealkylation sites (N-methyl/N-ethyl adjacent to an activating group) is 1. The van der Waals surface area contributed by atoms with Gasteiger partial charge in [0.25, 0.3) is 0 Å².